The molecule has 0 saturated heterocycles. The molecule has 2 nitrogen and oxygen atoms in total. The van der Waals surface area contributed by atoms with Crippen molar-refractivity contribution in [3.8, 4) is 11.8 Å². The Hall–Kier alpha value is -1.12. The summed E-state index contributed by atoms with van der Waals surface area (Å²) in [4.78, 5) is 4.91. The van der Waals surface area contributed by atoms with Gasteiger partial charge in [-0.05, 0) is 29.9 Å². The molecule has 0 atom stereocenters. The molecule has 0 bridgehead atoms. The van der Waals surface area contributed by atoms with Crippen LogP contribution in [0.15, 0.2) is 29.0 Å². The van der Waals surface area contributed by atoms with Gasteiger partial charge in [-0.2, -0.15) is 0 Å². The fraction of sp³-hybridized carbons (Fsp3) is 0.286. The Balaban J connectivity index is 1.98. The van der Waals surface area contributed by atoms with Crippen LogP contribution in [0.4, 0.5) is 0 Å². The van der Waals surface area contributed by atoms with E-state index in [2.05, 4.69) is 46.7 Å². The van der Waals surface area contributed by atoms with Crippen molar-refractivity contribution in [3.63, 3.8) is 0 Å². The predicted octanol–water partition coefficient (Wildman–Crippen LogP) is 2.79. The zero-order valence-corrected chi connectivity index (χ0v) is 11.9. The summed E-state index contributed by atoms with van der Waals surface area (Å²) < 4.78 is 0. The van der Waals surface area contributed by atoms with Gasteiger partial charge in [-0.15, -0.1) is 22.7 Å². The van der Waals surface area contributed by atoms with Crippen molar-refractivity contribution in [2.45, 2.75) is 13.1 Å². The van der Waals surface area contributed by atoms with Crippen LogP contribution in [0.3, 0.4) is 0 Å². The Morgan fingerprint density at radius 1 is 1.22 bits per heavy atom. The third kappa shape index (κ3) is 3.69. The van der Waals surface area contributed by atoms with Gasteiger partial charge < -0.3 is 5.11 Å². The second kappa shape index (κ2) is 6.72. The molecule has 4 heteroatoms. The van der Waals surface area contributed by atoms with Crippen LogP contribution in [0.1, 0.15) is 15.3 Å². The summed E-state index contributed by atoms with van der Waals surface area (Å²) in [6.07, 6.45) is 0. The Kier molecular flexibility index (Phi) is 4.97. The molecule has 1 N–H and O–H groups in total. The van der Waals surface area contributed by atoms with Crippen molar-refractivity contribution in [2.75, 3.05) is 13.7 Å². The minimum absolute atomic E-state index is 0.0830. The van der Waals surface area contributed by atoms with E-state index in [1.807, 2.05) is 6.07 Å². The standard InChI is InChI=1S/C14H15NOS2/c1-15(10-13-5-3-8-17-13)11-14-12(4-2-7-16)6-9-18-14/h3,5-6,8-9,16H,7,10-11H2,1H3. The van der Waals surface area contributed by atoms with E-state index in [0.717, 1.165) is 18.7 Å². The van der Waals surface area contributed by atoms with Crippen LogP contribution in [0.25, 0.3) is 0 Å². The minimum atomic E-state index is -0.0830. The lowest BCUT2D eigenvalue weighted by atomic mass is 10.2. The van der Waals surface area contributed by atoms with E-state index in [0.29, 0.717) is 0 Å². The summed E-state index contributed by atoms with van der Waals surface area (Å²) in [5.41, 5.74) is 1.03. The van der Waals surface area contributed by atoms with Crippen LogP contribution in [-0.2, 0) is 13.1 Å². The molecule has 2 heterocycles. The summed E-state index contributed by atoms with van der Waals surface area (Å²) in [5, 5.41) is 12.9. The van der Waals surface area contributed by atoms with E-state index >= 15 is 0 Å². The van der Waals surface area contributed by atoms with Crippen LogP contribution < -0.4 is 0 Å². The third-order valence-electron chi connectivity index (χ3n) is 2.47. The van der Waals surface area contributed by atoms with E-state index < -0.39 is 0 Å². The highest BCUT2D eigenvalue weighted by Gasteiger charge is 2.07. The number of hydrogen-bond donors (Lipinski definition) is 1. The lowest BCUT2D eigenvalue weighted by Crippen LogP contribution is -2.16. The molecule has 2 aromatic heterocycles. The molecule has 0 aromatic carbocycles. The topological polar surface area (TPSA) is 23.5 Å². The van der Waals surface area contributed by atoms with Crippen LogP contribution in [0.5, 0.6) is 0 Å². The zero-order valence-electron chi connectivity index (χ0n) is 10.2. The van der Waals surface area contributed by atoms with Crippen molar-refractivity contribution in [2.24, 2.45) is 0 Å². The Bertz CT molecular complexity index is 534. The fourth-order valence-electron chi connectivity index (χ4n) is 1.68. The van der Waals surface area contributed by atoms with Gasteiger partial charge in [-0.25, -0.2) is 0 Å². The first-order valence-corrected chi connectivity index (χ1v) is 7.42. The lowest BCUT2D eigenvalue weighted by Gasteiger charge is -2.14. The zero-order chi connectivity index (χ0) is 12.8. The normalized spacial score (nSPS) is 10.4. The van der Waals surface area contributed by atoms with Gasteiger partial charge in [0.25, 0.3) is 0 Å². The maximum Gasteiger partial charge on any atom is 0.104 e. The SMILES string of the molecule is CN(Cc1cccs1)Cc1sccc1C#CCO. The monoisotopic (exact) mass is 277 g/mol. The van der Waals surface area contributed by atoms with Crippen LogP contribution in [-0.4, -0.2) is 23.7 Å². The number of nitrogens with zero attached hydrogens (tertiary/aromatic N) is 1. The van der Waals surface area contributed by atoms with Gasteiger partial charge in [-0.1, -0.05) is 17.9 Å². The van der Waals surface area contributed by atoms with Crippen molar-refractivity contribution in [1.82, 2.24) is 4.90 Å². The molecule has 0 aliphatic carbocycles. The van der Waals surface area contributed by atoms with Crippen LogP contribution in [0, 0.1) is 11.8 Å². The van der Waals surface area contributed by atoms with Gasteiger partial charge in [0, 0.05) is 28.4 Å². The highest BCUT2D eigenvalue weighted by molar-refractivity contribution is 7.10. The van der Waals surface area contributed by atoms with Gasteiger partial charge in [0.05, 0.1) is 0 Å². The molecule has 0 aliphatic heterocycles. The maximum absolute atomic E-state index is 8.73. The molecule has 0 spiro atoms. The predicted molar refractivity (Wildman–Crippen MR) is 77.8 cm³/mol. The molecule has 0 aliphatic rings. The molecular formula is C14H15NOS2. The summed E-state index contributed by atoms with van der Waals surface area (Å²) in [5.74, 6) is 5.70. The molecule has 2 rings (SSSR count). The number of thiophene rings is 2. The minimum Gasteiger partial charge on any atom is -0.384 e. The van der Waals surface area contributed by atoms with E-state index in [4.69, 9.17) is 5.11 Å². The number of hydrogen-bond acceptors (Lipinski definition) is 4. The van der Waals surface area contributed by atoms with Gasteiger partial charge in [-0.3, -0.25) is 4.90 Å². The average Bonchev–Trinajstić information content (AvgIpc) is 2.98. The summed E-state index contributed by atoms with van der Waals surface area (Å²) in [6, 6.07) is 6.25. The molecule has 0 radical (unpaired) electrons. The molecule has 18 heavy (non-hydrogen) atoms. The quantitative estimate of drug-likeness (QED) is 0.869. The summed E-state index contributed by atoms with van der Waals surface area (Å²) in [7, 11) is 2.11. The Morgan fingerprint density at radius 3 is 2.83 bits per heavy atom. The van der Waals surface area contributed by atoms with Gasteiger partial charge >= 0.3 is 0 Å². The Labute approximate surface area is 116 Å². The molecule has 0 fully saturated rings. The highest BCUT2D eigenvalue weighted by Crippen LogP contribution is 2.19. The van der Waals surface area contributed by atoms with Crippen molar-refractivity contribution in [1.29, 1.82) is 0 Å². The van der Waals surface area contributed by atoms with E-state index in [1.165, 1.54) is 9.75 Å². The van der Waals surface area contributed by atoms with E-state index in [1.54, 1.807) is 22.7 Å². The Morgan fingerprint density at radius 2 is 2.11 bits per heavy atom. The second-order valence-corrected chi connectivity index (χ2v) is 6.00. The van der Waals surface area contributed by atoms with Crippen LogP contribution in [0.2, 0.25) is 0 Å². The second-order valence-electron chi connectivity index (χ2n) is 3.97. The highest BCUT2D eigenvalue weighted by atomic mass is 32.1. The summed E-state index contributed by atoms with van der Waals surface area (Å²) in [6.45, 7) is 1.77. The molecule has 0 unspecified atom stereocenters. The third-order valence-corrected chi connectivity index (χ3v) is 4.23. The molecule has 0 amide bonds. The van der Waals surface area contributed by atoms with E-state index in [-0.39, 0.29) is 6.61 Å². The van der Waals surface area contributed by atoms with Gasteiger partial charge in [0.2, 0.25) is 0 Å². The molecule has 2 aromatic rings. The van der Waals surface area contributed by atoms with Gasteiger partial charge in [0.1, 0.15) is 6.61 Å². The van der Waals surface area contributed by atoms with Crippen LogP contribution >= 0.6 is 22.7 Å². The van der Waals surface area contributed by atoms with Crippen molar-refractivity contribution < 1.29 is 5.11 Å². The lowest BCUT2D eigenvalue weighted by molar-refractivity contribution is 0.324. The first kappa shape index (κ1) is 13.3. The van der Waals surface area contributed by atoms with E-state index in [9.17, 15) is 0 Å². The first-order valence-electron chi connectivity index (χ1n) is 5.66. The first-order chi connectivity index (χ1) is 8.79. The number of rotatable bonds is 4. The maximum atomic E-state index is 8.73. The van der Waals surface area contributed by atoms with Crippen molar-refractivity contribution >= 4 is 22.7 Å². The smallest absolute Gasteiger partial charge is 0.104 e. The van der Waals surface area contributed by atoms with Crippen molar-refractivity contribution in [3.05, 3.63) is 44.3 Å². The summed E-state index contributed by atoms with van der Waals surface area (Å²) >= 11 is 3.50. The van der Waals surface area contributed by atoms with Gasteiger partial charge in [0.15, 0.2) is 0 Å². The average molecular weight is 277 g/mol. The fourth-order valence-corrected chi connectivity index (χ4v) is 3.37. The molecule has 0 saturated carbocycles. The molecular weight excluding hydrogens is 262 g/mol. The largest absolute Gasteiger partial charge is 0.384 e. The number of aliphatic hydroxyl groups excluding tert-OH is 1. The molecule has 94 valence electrons. The number of aliphatic hydroxyl groups is 1.